The predicted molar refractivity (Wildman–Crippen MR) is 79.9 cm³/mol. The highest BCUT2D eigenvalue weighted by Gasteiger charge is 2.40. The Morgan fingerprint density at radius 2 is 1.91 bits per heavy atom. The molecule has 1 aliphatic carbocycles. The lowest BCUT2D eigenvalue weighted by molar-refractivity contribution is -0.0260. The SMILES string of the molecule is CCCCCCCCOc1cc2c(c(F)n1)C(F)(F)CCC2. The van der Waals surface area contributed by atoms with Crippen LogP contribution in [0.25, 0.3) is 0 Å². The lowest BCUT2D eigenvalue weighted by atomic mass is 9.90. The van der Waals surface area contributed by atoms with Crippen molar-refractivity contribution in [2.24, 2.45) is 0 Å². The molecule has 5 heteroatoms. The second-order valence-electron chi connectivity index (χ2n) is 5.96. The zero-order chi connectivity index (χ0) is 16.0. The van der Waals surface area contributed by atoms with Gasteiger partial charge in [-0.25, -0.2) is 8.78 Å². The molecule has 1 aromatic heterocycles. The van der Waals surface area contributed by atoms with Gasteiger partial charge >= 0.3 is 0 Å². The molecule has 2 nitrogen and oxygen atoms in total. The fraction of sp³-hybridized carbons (Fsp3) is 0.706. The molecule has 1 heterocycles. The molecule has 1 aliphatic rings. The van der Waals surface area contributed by atoms with E-state index >= 15 is 0 Å². The van der Waals surface area contributed by atoms with Crippen LogP contribution in [0.3, 0.4) is 0 Å². The molecule has 0 unspecified atom stereocenters. The Hall–Kier alpha value is -1.26. The second-order valence-corrected chi connectivity index (χ2v) is 5.96. The van der Waals surface area contributed by atoms with E-state index in [9.17, 15) is 13.2 Å². The number of nitrogens with zero attached hydrogens (tertiary/aromatic N) is 1. The minimum atomic E-state index is -3.11. The van der Waals surface area contributed by atoms with Crippen molar-refractivity contribution in [3.05, 3.63) is 23.1 Å². The summed E-state index contributed by atoms with van der Waals surface area (Å²) in [7, 11) is 0. The van der Waals surface area contributed by atoms with Crippen molar-refractivity contribution in [1.82, 2.24) is 4.98 Å². The van der Waals surface area contributed by atoms with Gasteiger partial charge in [0.1, 0.15) is 0 Å². The highest BCUT2D eigenvalue weighted by molar-refractivity contribution is 5.35. The first-order valence-electron chi connectivity index (χ1n) is 8.25. The normalized spacial score (nSPS) is 16.4. The maximum absolute atomic E-state index is 13.9. The average Bonchev–Trinajstić information content (AvgIpc) is 2.45. The van der Waals surface area contributed by atoms with Gasteiger partial charge in [0.05, 0.1) is 12.2 Å². The summed E-state index contributed by atoms with van der Waals surface area (Å²) in [6, 6.07) is 1.47. The molecule has 1 aromatic rings. The van der Waals surface area contributed by atoms with Crippen LogP contribution in [0.4, 0.5) is 13.2 Å². The van der Waals surface area contributed by atoms with Crippen molar-refractivity contribution in [3.63, 3.8) is 0 Å². The molecule has 0 saturated carbocycles. The first-order chi connectivity index (χ1) is 10.5. The van der Waals surface area contributed by atoms with E-state index in [2.05, 4.69) is 11.9 Å². The molecule has 0 radical (unpaired) electrons. The fourth-order valence-corrected chi connectivity index (χ4v) is 2.88. The fourth-order valence-electron chi connectivity index (χ4n) is 2.88. The molecule has 22 heavy (non-hydrogen) atoms. The smallest absolute Gasteiger partial charge is 0.277 e. The molecule has 124 valence electrons. The molecule has 0 aromatic carbocycles. The van der Waals surface area contributed by atoms with E-state index in [1.165, 1.54) is 25.3 Å². The van der Waals surface area contributed by atoms with E-state index in [1.54, 1.807) is 0 Å². The van der Waals surface area contributed by atoms with Gasteiger partial charge in [0.15, 0.2) is 0 Å². The highest BCUT2D eigenvalue weighted by atomic mass is 19.3. The van der Waals surface area contributed by atoms with E-state index in [0.29, 0.717) is 25.0 Å². The molecule has 0 amide bonds. The third-order valence-corrected chi connectivity index (χ3v) is 4.08. The Morgan fingerprint density at radius 1 is 1.18 bits per heavy atom. The maximum Gasteiger partial charge on any atom is 0.277 e. The Bertz CT molecular complexity index is 491. The Kier molecular flexibility index (Phi) is 6.09. The summed E-state index contributed by atoms with van der Waals surface area (Å²) in [6.07, 6.45) is 7.28. The molecule has 0 saturated heterocycles. The second kappa shape index (κ2) is 7.84. The number of hydrogen-bond donors (Lipinski definition) is 0. The van der Waals surface area contributed by atoms with Crippen molar-refractivity contribution in [3.8, 4) is 5.88 Å². The van der Waals surface area contributed by atoms with Gasteiger partial charge in [-0.3, -0.25) is 0 Å². The molecule has 0 spiro atoms. The van der Waals surface area contributed by atoms with Gasteiger partial charge in [0, 0.05) is 12.5 Å². The van der Waals surface area contributed by atoms with Crippen LogP contribution in [0, 0.1) is 5.95 Å². The van der Waals surface area contributed by atoms with Crippen LogP contribution >= 0.6 is 0 Å². The van der Waals surface area contributed by atoms with Crippen LogP contribution in [0.2, 0.25) is 0 Å². The summed E-state index contributed by atoms with van der Waals surface area (Å²) in [6.45, 7) is 2.62. The lowest BCUT2D eigenvalue weighted by Crippen LogP contribution is -2.23. The highest BCUT2D eigenvalue weighted by Crippen LogP contribution is 2.41. The molecule has 0 bridgehead atoms. The number of rotatable bonds is 8. The molecule has 0 N–H and O–H groups in total. The number of hydrogen-bond acceptors (Lipinski definition) is 2. The van der Waals surface area contributed by atoms with Crippen LogP contribution in [0.1, 0.15) is 69.4 Å². The minimum absolute atomic E-state index is 0.127. The average molecular weight is 315 g/mol. The number of fused-ring (bicyclic) bond motifs is 1. The summed E-state index contributed by atoms with van der Waals surface area (Å²) >= 11 is 0. The predicted octanol–water partition coefficient (Wildman–Crippen LogP) is 5.39. The van der Waals surface area contributed by atoms with Gasteiger partial charge in [-0.2, -0.15) is 9.37 Å². The van der Waals surface area contributed by atoms with Crippen LogP contribution in [-0.2, 0) is 12.3 Å². The van der Waals surface area contributed by atoms with Crippen molar-refractivity contribution in [1.29, 1.82) is 0 Å². The first kappa shape index (κ1) is 17.1. The third-order valence-electron chi connectivity index (χ3n) is 4.08. The van der Waals surface area contributed by atoms with Gasteiger partial charge in [0.25, 0.3) is 5.92 Å². The standard InChI is InChI=1S/C17H24F3NO/c1-2-3-4-5-6-7-11-22-14-12-13-9-8-10-17(19,20)15(13)16(18)21-14/h12H,2-11H2,1H3. The van der Waals surface area contributed by atoms with Gasteiger partial charge in [-0.1, -0.05) is 39.0 Å². The quantitative estimate of drug-likeness (QED) is 0.474. The minimum Gasteiger partial charge on any atom is -0.478 e. The number of pyridine rings is 1. The number of alkyl halides is 2. The van der Waals surface area contributed by atoms with E-state index < -0.39 is 17.4 Å². The Balaban J connectivity index is 1.87. The molecule has 0 aliphatic heterocycles. The number of unbranched alkanes of at least 4 members (excludes halogenated alkanes) is 5. The van der Waals surface area contributed by atoms with Crippen molar-refractivity contribution >= 4 is 0 Å². The first-order valence-corrected chi connectivity index (χ1v) is 8.25. The van der Waals surface area contributed by atoms with E-state index in [1.807, 2.05) is 0 Å². The van der Waals surface area contributed by atoms with Crippen LogP contribution in [0.15, 0.2) is 6.07 Å². The number of aryl methyl sites for hydroxylation is 1. The largest absolute Gasteiger partial charge is 0.478 e. The summed E-state index contributed by atoms with van der Waals surface area (Å²) in [5.41, 5.74) is -0.202. The summed E-state index contributed by atoms with van der Waals surface area (Å²) < 4.78 is 46.7. The number of halogens is 3. The van der Waals surface area contributed by atoms with Crippen LogP contribution < -0.4 is 4.74 Å². The van der Waals surface area contributed by atoms with Gasteiger partial charge < -0.3 is 4.74 Å². The summed E-state index contributed by atoms with van der Waals surface area (Å²) in [4.78, 5) is 3.56. The molecule has 0 atom stereocenters. The zero-order valence-electron chi connectivity index (χ0n) is 13.1. The van der Waals surface area contributed by atoms with E-state index in [-0.39, 0.29) is 12.3 Å². The van der Waals surface area contributed by atoms with Crippen molar-refractivity contribution < 1.29 is 17.9 Å². The maximum atomic E-state index is 13.9. The molecular formula is C17H24F3NO. The summed E-state index contributed by atoms with van der Waals surface area (Å²) in [5, 5.41) is 0. The molecule has 0 fully saturated rings. The van der Waals surface area contributed by atoms with E-state index in [0.717, 1.165) is 19.3 Å². The van der Waals surface area contributed by atoms with E-state index in [4.69, 9.17) is 4.74 Å². The third kappa shape index (κ3) is 4.37. The number of ether oxygens (including phenoxy) is 1. The van der Waals surface area contributed by atoms with Crippen LogP contribution in [-0.4, -0.2) is 11.6 Å². The molecule has 2 rings (SSSR count). The summed E-state index contributed by atoms with van der Waals surface area (Å²) in [5.74, 6) is -4.06. The van der Waals surface area contributed by atoms with Crippen molar-refractivity contribution in [2.45, 2.75) is 70.6 Å². The monoisotopic (exact) mass is 315 g/mol. The lowest BCUT2D eigenvalue weighted by Gasteiger charge is -2.25. The Morgan fingerprint density at radius 3 is 2.68 bits per heavy atom. The van der Waals surface area contributed by atoms with Crippen LogP contribution in [0.5, 0.6) is 5.88 Å². The van der Waals surface area contributed by atoms with Gasteiger partial charge in [0.2, 0.25) is 11.8 Å². The Labute approximate surface area is 130 Å². The zero-order valence-corrected chi connectivity index (χ0v) is 13.1. The molecular weight excluding hydrogens is 291 g/mol. The van der Waals surface area contributed by atoms with Crippen molar-refractivity contribution in [2.75, 3.05) is 6.61 Å². The van der Waals surface area contributed by atoms with Gasteiger partial charge in [-0.15, -0.1) is 0 Å². The van der Waals surface area contributed by atoms with Gasteiger partial charge in [-0.05, 0) is 24.8 Å². The topological polar surface area (TPSA) is 22.1 Å². The number of aromatic nitrogens is 1.